The molecule has 0 unspecified atom stereocenters. The average Bonchev–Trinajstić information content (AvgIpc) is 3.57. The maximum absolute atomic E-state index is 15.3. The van der Waals surface area contributed by atoms with Gasteiger partial charge >= 0.3 is 6.43 Å². The molecule has 13 heteroatoms. The minimum Gasteiger partial charge on any atom is -0.415 e. The second kappa shape index (κ2) is 10.6. The highest BCUT2D eigenvalue weighted by Crippen LogP contribution is 2.29. The fourth-order valence-electron chi connectivity index (χ4n) is 4.32. The summed E-state index contributed by atoms with van der Waals surface area (Å²) in [7, 11) is 0. The molecule has 0 radical (unpaired) electrons. The summed E-state index contributed by atoms with van der Waals surface area (Å²) in [6.07, 6.45) is 0.00960. The van der Waals surface area contributed by atoms with Crippen LogP contribution in [0.4, 0.5) is 23.2 Å². The lowest BCUT2D eigenvalue weighted by atomic mass is 10.0. The number of nitrogens with zero attached hydrogens (tertiary/aromatic N) is 6. The zero-order chi connectivity index (χ0) is 26.8. The Kier molecular flexibility index (Phi) is 7.07. The van der Waals surface area contributed by atoms with Crippen molar-refractivity contribution < 1.29 is 26.8 Å². The van der Waals surface area contributed by atoms with Crippen molar-refractivity contribution in [1.29, 1.82) is 0 Å². The molecule has 1 N–H and O–H groups in total. The molecule has 2 aromatic heterocycles. The van der Waals surface area contributed by atoms with Crippen LogP contribution in [0.1, 0.15) is 37.6 Å². The van der Waals surface area contributed by atoms with Gasteiger partial charge in [0.15, 0.2) is 5.82 Å². The van der Waals surface area contributed by atoms with Crippen LogP contribution in [0.15, 0.2) is 47.0 Å². The molecular weight excluding hydrogens is 506 g/mol. The molecular formula is C25H23F4N7O2. The quantitative estimate of drug-likeness (QED) is 0.347. The van der Waals surface area contributed by atoms with Gasteiger partial charge in [-0.1, -0.05) is 17.3 Å². The number of anilines is 1. The van der Waals surface area contributed by atoms with E-state index in [0.29, 0.717) is 31.6 Å². The highest BCUT2D eigenvalue weighted by molar-refractivity contribution is 5.73. The summed E-state index contributed by atoms with van der Waals surface area (Å²) in [6.45, 7) is 2.77. The van der Waals surface area contributed by atoms with Crippen molar-refractivity contribution in [3.63, 3.8) is 0 Å². The minimum atomic E-state index is -2.92. The number of amides is 1. The minimum absolute atomic E-state index is 0.000483. The zero-order valence-electron chi connectivity index (χ0n) is 20.2. The largest absolute Gasteiger partial charge is 0.415 e. The topological polar surface area (TPSA) is 102 Å². The number of likely N-dealkylation sites (tertiary alicyclic amines) is 1. The molecule has 198 valence electrons. The third-order valence-electron chi connectivity index (χ3n) is 6.37. The number of alkyl halides is 2. The summed E-state index contributed by atoms with van der Waals surface area (Å²) in [5.41, 5.74) is 1.25. The van der Waals surface area contributed by atoms with Gasteiger partial charge in [-0.2, -0.15) is 8.78 Å². The molecule has 0 saturated carbocycles. The molecule has 5 rings (SSSR count). The molecule has 4 aromatic rings. The van der Waals surface area contributed by atoms with Crippen LogP contribution in [0.3, 0.4) is 0 Å². The van der Waals surface area contributed by atoms with Crippen LogP contribution in [0.25, 0.3) is 22.7 Å². The average molecular weight is 529 g/mol. The fraction of sp³-hybridized carbons (Fsp3) is 0.320. The van der Waals surface area contributed by atoms with Crippen LogP contribution in [0, 0.1) is 11.6 Å². The number of hydrogen-bond acceptors (Lipinski definition) is 7. The van der Waals surface area contributed by atoms with E-state index in [9.17, 15) is 18.0 Å². The van der Waals surface area contributed by atoms with E-state index in [4.69, 9.17) is 4.42 Å². The molecule has 1 saturated heterocycles. The predicted octanol–water partition coefficient (Wildman–Crippen LogP) is 4.68. The Bertz CT molecular complexity index is 1450. The summed E-state index contributed by atoms with van der Waals surface area (Å²) >= 11 is 0. The lowest BCUT2D eigenvalue weighted by Gasteiger charge is -2.32. The van der Waals surface area contributed by atoms with E-state index in [1.54, 1.807) is 23.1 Å². The molecule has 38 heavy (non-hydrogen) atoms. The second-order valence-corrected chi connectivity index (χ2v) is 8.95. The summed E-state index contributed by atoms with van der Waals surface area (Å²) in [5.74, 6) is -2.14. The Hall–Kier alpha value is -4.29. The lowest BCUT2D eigenvalue weighted by molar-refractivity contribution is -0.129. The van der Waals surface area contributed by atoms with Gasteiger partial charge in [0.1, 0.15) is 11.5 Å². The molecule has 0 atom stereocenters. The van der Waals surface area contributed by atoms with Crippen LogP contribution < -0.4 is 5.32 Å². The van der Waals surface area contributed by atoms with Crippen molar-refractivity contribution in [2.45, 2.75) is 38.8 Å². The van der Waals surface area contributed by atoms with Gasteiger partial charge in [0.05, 0.1) is 18.4 Å². The van der Waals surface area contributed by atoms with Crippen LogP contribution in [-0.4, -0.2) is 55.1 Å². The molecule has 3 heterocycles. The van der Waals surface area contributed by atoms with Gasteiger partial charge in [0.2, 0.25) is 11.8 Å². The third-order valence-corrected chi connectivity index (χ3v) is 6.37. The summed E-state index contributed by atoms with van der Waals surface area (Å²) < 4.78 is 61.6. The number of nitrogens with one attached hydrogen (secondary N) is 1. The van der Waals surface area contributed by atoms with Crippen molar-refractivity contribution in [2.24, 2.45) is 0 Å². The van der Waals surface area contributed by atoms with Crippen LogP contribution in [0.5, 0.6) is 0 Å². The van der Waals surface area contributed by atoms with E-state index < -0.39 is 24.0 Å². The zero-order valence-corrected chi connectivity index (χ0v) is 20.2. The smallest absolute Gasteiger partial charge is 0.314 e. The first-order valence-electron chi connectivity index (χ1n) is 11.9. The molecule has 0 aliphatic carbocycles. The number of piperidine rings is 1. The molecule has 9 nitrogen and oxygen atoms in total. The Morgan fingerprint density at radius 3 is 2.61 bits per heavy atom. The van der Waals surface area contributed by atoms with E-state index in [0.717, 1.165) is 6.07 Å². The number of benzene rings is 2. The summed E-state index contributed by atoms with van der Waals surface area (Å²) in [5, 5.41) is 18.0. The van der Waals surface area contributed by atoms with Gasteiger partial charge in [0, 0.05) is 42.7 Å². The Balaban J connectivity index is 1.28. The molecule has 1 aliphatic rings. The van der Waals surface area contributed by atoms with Crippen LogP contribution in [-0.2, 0) is 11.3 Å². The first-order chi connectivity index (χ1) is 18.3. The number of carbonyl (C=O) groups is 1. The SMILES string of the molecule is CC(=O)N1CCC(Nc2cccc(-c3cn(Cc4ccc(-c5nnc(C(F)F)o5)cc4F)nn3)c2F)CC1. The molecule has 1 amide bonds. The Morgan fingerprint density at radius 2 is 1.92 bits per heavy atom. The molecule has 1 fully saturated rings. The monoisotopic (exact) mass is 529 g/mol. The van der Waals surface area contributed by atoms with E-state index in [-0.39, 0.29) is 46.8 Å². The van der Waals surface area contributed by atoms with Gasteiger partial charge in [-0.15, -0.1) is 15.3 Å². The third kappa shape index (κ3) is 5.36. The van der Waals surface area contributed by atoms with Crippen molar-refractivity contribution in [3.8, 4) is 22.7 Å². The highest BCUT2D eigenvalue weighted by atomic mass is 19.3. The Morgan fingerprint density at radius 1 is 1.13 bits per heavy atom. The number of aromatic nitrogens is 5. The van der Waals surface area contributed by atoms with E-state index in [2.05, 4.69) is 25.8 Å². The number of rotatable bonds is 7. The maximum Gasteiger partial charge on any atom is 0.314 e. The number of carbonyl (C=O) groups excluding carboxylic acids is 1. The second-order valence-electron chi connectivity index (χ2n) is 8.95. The summed E-state index contributed by atoms with van der Waals surface area (Å²) in [6, 6.07) is 8.98. The number of halogens is 4. The van der Waals surface area contributed by atoms with Crippen LogP contribution >= 0.6 is 0 Å². The maximum atomic E-state index is 15.3. The van der Waals surface area contributed by atoms with Gasteiger partial charge in [0.25, 0.3) is 5.89 Å². The molecule has 1 aliphatic heterocycles. The van der Waals surface area contributed by atoms with Crippen LogP contribution in [0.2, 0.25) is 0 Å². The highest BCUT2D eigenvalue weighted by Gasteiger charge is 2.23. The van der Waals surface area contributed by atoms with E-state index >= 15 is 4.39 Å². The normalized spacial score (nSPS) is 14.3. The first kappa shape index (κ1) is 25.4. The van der Waals surface area contributed by atoms with Gasteiger partial charge in [-0.3, -0.25) is 4.79 Å². The molecule has 0 spiro atoms. The Labute approximate surface area is 214 Å². The van der Waals surface area contributed by atoms with E-state index in [1.165, 1.54) is 29.9 Å². The van der Waals surface area contributed by atoms with Gasteiger partial charge in [-0.25, -0.2) is 13.5 Å². The van der Waals surface area contributed by atoms with Crippen molar-refractivity contribution in [3.05, 3.63) is 65.7 Å². The van der Waals surface area contributed by atoms with Crippen molar-refractivity contribution in [1.82, 2.24) is 30.1 Å². The first-order valence-corrected chi connectivity index (χ1v) is 11.9. The standard InChI is InChI=1S/C25H23F4N7O2/c1-14(37)35-9-7-17(8-10-35)30-20-4-2-3-18(22(20)27)21-13-36(34-31-21)12-16-6-5-15(11-19(16)26)24-32-33-25(38-24)23(28)29/h2-6,11,13,17,23,30H,7-10,12H2,1H3. The number of hydrogen-bond donors (Lipinski definition) is 1. The summed E-state index contributed by atoms with van der Waals surface area (Å²) in [4.78, 5) is 13.3. The molecule has 2 aromatic carbocycles. The van der Waals surface area contributed by atoms with E-state index in [1.807, 2.05) is 0 Å². The molecule has 0 bridgehead atoms. The van der Waals surface area contributed by atoms with Gasteiger partial charge in [-0.05, 0) is 37.1 Å². The lowest BCUT2D eigenvalue weighted by Crippen LogP contribution is -2.41. The van der Waals surface area contributed by atoms with Crippen molar-refractivity contribution in [2.75, 3.05) is 18.4 Å². The predicted molar refractivity (Wildman–Crippen MR) is 128 cm³/mol. The van der Waals surface area contributed by atoms with Gasteiger partial charge < -0.3 is 14.6 Å². The fourth-order valence-corrected chi connectivity index (χ4v) is 4.32. The van der Waals surface area contributed by atoms with Crippen molar-refractivity contribution >= 4 is 11.6 Å².